The molecule has 58 heavy (non-hydrogen) atoms. The van der Waals surface area contributed by atoms with E-state index in [0.29, 0.717) is 0 Å². The third-order valence-corrected chi connectivity index (χ3v) is 13.3. The Hall–Kier alpha value is -7.40. The van der Waals surface area contributed by atoms with Gasteiger partial charge in [0.25, 0.3) is 0 Å². The van der Waals surface area contributed by atoms with Gasteiger partial charge in [0.15, 0.2) is 0 Å². The number of hydrogen-bond donors (Lipinski definition) is 0. The molecule has 0 atom stereocenters. The minimum atomic E-state index is 0.917. The number of nitrogens with zero attached hydrogens (tertiary/aromatic N) is 2. The van der Waals surface area contributed by atoms with Crippen molar-refractivity contribution in [1.29, 1.82) is 0 Å². The van der Waals surface area contributed by atoms with E-state index in [1.165, 1.54) is 91.4 Å². The summed E-state index contributed by atoms with van der Waals surface area (Å²) in [5.41, 5.74) is 13.8. The van der Waals surface area contributed by atoms with E-state index in [2.05, 4.69) is 197 Å². The van der Waals surface area contributed by atoms with Crippen molar-refractivity contribution >= 4 is 97.1 Å². The van der Waals surface area contributed by atoms with Crippen molar-refractivity contribution in [2.75, 3.05) is 0 Å². The molecule has 3 nitrogen and oxygen atoms in total. The molecule has 0 aliphatic rings. The predicted octanol–water partition coefficient (Wildman–Crippen LogP) is 15.5. The molecule has 0 amide bonds. The first-order valence-electron chi connectivity index (χ1n) is 19.8. The highest BCUT2D eigenvalue weighted by molar-refractivity contribution is 7.26. The van der Waals surface area contributed by atoms with E-state index in [-0.39, 0.29) is 0 Å². The molecule has 0 fully saturated rings. The lowest BCUT2D eigenvalue weighted by Crippen LogP contribution is -1.95. The maximum Gasteiger partial charge on any atom is 0.136 e. The molecular weight excluding hydrogens is 725 g/mol. The average molecular weight is 757 g/mol. The highest BCUT2D eigenvalue weighted by Crippen LogP contribution is 2.47. The van der Waals surface area contributed by atoms with Gasteiger partial charge in [0.1, 0.15) is 11.2 Å². The molecule has 0 unspecified atom stereocenters. The van der Waals surface area contributed by atoms with Gasteiger partial charge in [0.05, 0.1) is 22.1 Å². The third kappa shape index (κ3) is 4.43. The topological polar surface area (TPSA) is 23.0 Å². The molecule has 0 aliphatic heterocycles. The van der Waals surface area contributed by atoms with Crippen molar-refractivity contribution in [3.8, 4) is 33.6 Å². The van der Waals surface area contributed by atoms with E-state index >= 15 is 0 Å². The summed E-state index contributed by atoms with van der Waals surface area (Å²) in [5, 5.41) is 9.83. The second-order valence-corrected chi connectivity index (χ2v) is 16.3. The van der Waals surface area contributed by atoms with Gasteiger partial charge in [-0.25, -0.2) is 0 Å². The first-order chi connectivity index (χ1) is 28.8. The van der Waals surface area contributed by atoms with E-state index in [1.54, 1.807) is 0 Å². The summed E-state index contributed by atoms with van der Waals surface area (Å²) in [6.45, 7) is 0. The van der Waals surface area contributed by atoms with Crippen LogP contribution in [0.15, 0.2) is 199 Å². The molecule has 4 heterocycles. The van der Waals surface area contributed by atoms with E-state index in [1.807, 2.05) is 17.4 Å². The van der Waals surface area contributed by atoms with Gasteiger partial charge in [-0.05, 0) is 83.4 Å². The van der Waals surface area contributed by atoms with Crippen LogP contribution in [0.3, 0.4) is 0 Å². The summed E-state index contributed by atoms with van der Waals surface area (Å²) in [6.07, 6.45) is 0. The van der Waals surface area contributed by atoms with E-state index in [0.717, 1.165) is 27.9 Å². The van der Waals surface area contributed by atoms with E-state index < -0.39 is 0 Å². The predicted molar refractivity (Wildman–Crippen MR) is 246 cm³/mol. The summed E-state index contributed by atoms with van der Waals surface area (Å²) in [5.74, 6) is 0. The zero-order valence-corrected chi connectivity index (χ0v) is 32.0. The van der Waals surface area contributed by atoms with Gasteiger partial charge in [0.2, 0.25) is 0 Å². The van der Waals surface area contributed by atoms with Crippen LogP contribution in [-0.4, -0.2) is 9.13 Å². The van der Waals surface area contributed by atoms with Crippen molar-refractivity contribution in [3.05, 3.63) is 194 Å². The molecule has 0 aliphatic carbocycles. The summed E-state index contributed by atoms with van der Waals surface area (Å²) in [6, 6.07) is 70.6. The fourth-order valence-corrected chi connectivity index (χ4v) is 10.8. The minimum Gasteiger partial charge on any atom is -0.456 e. The molecule has 13 rings (SSSR count). The van der Waals surface area contributed by atoms with Gasteiger partial charge in [-0.15, -0.1) is 11.3 Å². The fourth-order valence-electron chi connectivity index (χ4n) is 9.63. The number of rotatable bonds is 4. The maximum absolute atomic E-state index is 6.33. The summed E-state index contributed by atoms with van der Waals surface area (Å²) in [4.78, 5) is 0. The van der Waals surface area contributed by atoms with E-state index in [9.17, 15) is 0 Å². The zero-order chi connectivity index (χ0) is 37.9. The lowest BCUT2D eigenvalue weighted by atomic mass is 9.98. The largest absolute Gasteiger partial charge is 0.456 e. The number of furan rings is 1. The Morgan fingerprint density at radius 2 is 1.07 bits per heavy atom. The smallest absolute Gasteiger partial charge is 0.136 e. The Balaban J connectivity index is 1.11. The van der Waals surface area contributed by atoms with Crippen molar-refractivity contribution in [3.63, 3.8) is 0 Å². The van der Waals surface area contributed by atoms with Crippen LogP contribution in [0.25, 0.3) is 119 Å². The number of thiophene rings is 1. The monoisotopic (exact) mass is 756 g/mol. The molecule has 4 heteroatoms. The second kappa shape index (κ2) is 12.1. The van der Waals surface area contributed by atoms with Crippen LogP contribution in [0.2, 0.25) is 0 Å². The Morgan fingerprint density at radius 3 is 1.97 bits per heavy atom. The highest BCUT2D eigenvalue weighted by Gasteiger charge is 2.22. The van der Waals surface area contributed by atoms with Crippen LogP contribution < -0.4 is 0 Å². The minimum absolute atomic E-state index is 0.917. The first-order valence-corrected chi connectivity index (χ1v) is 20.6. The normalized spacial score (nSPS) is 12.1. The van der Waals surface area contributed by atoms with Gasteiger partial charge < -0.3 is 13.6 Å². The summed E-state index contributed by atoms with van der Waals surface area (Å²) in [7, 11) is 0. The molecule has 0 bridgehead atoms. The molecule has 13 aromatic rings. The van der Waals surface area contributed by atoms with Gasteiger partial charge in [0, 0.05) is 69.4 Å². The molecule has 0 saturated carbocycles. The number of benzene rings is 9. The van der Waals surface area contributed by atoms with Crippen LogP contribution in [0, 0.1) is 0 Å². The van der Waals surface area contributed by atoms with Crippen molar-refractivity contribution in [1.82, 2.24) is 9.13 Å². The van der Waals surface area contributed by atoms with E-state index in [4.69, 9.17) is 4.42 Å². The Labute approximate surface area is 336 Å². The maximum atomic E-state index is 6.33. The molecule has 0 radical (unpaired) electrons. The zero-order valence-electron chi connectivity index (χ0n) is 31.2. The number of hydrogen-bond acceptors (Lipinski definition) is 2. The van der Waals surface area contributed by atoms with Crippen LogP contribution in [0.5, 0.6) is 0 Å². The number of aromatic nitrogens is 2. The van der Waals surface area contributed by atoms with Crippen LogP contribution in [0.4, 0.5) is 0 Å². The number of para-hydroxylation sites is 3. The summed E-state index contributed by atoms with van der Waals surface area (Å²) >= 11 is 1.87. The second-order valence-electron chi connectivity index (χ2n) is 15.2. The summed E-state index contributed by atoms with van der Waals surface area (Å²) < 4.78 is 13.8. The Kier molecular flexibility index (Phi) is 6.60. The van der Waals surface area contributed by atoms with Crippen molar-refractivity contribution < 1.29 is 4.42 Å². The fraction of sp³-hybridized carbons (Fsp3) is 0. The molecular formula is C54H32N2OS. The molecule has 0 N–H and O–H groups in total. The van der Waals surface area contributed by atoms with Crippen molar-refractivity contribution in [2.45, 2.75) is 0 Å². The van der Waals surface area contributed by atoms with Crippen LogP contribution in [0.1, 0.15) is 0 Å². The average Bonchev–Trinajstić information content (AvgIpc) is 4.04. The highest BCUT2D eigenvalue weighted by atomic mass is 32.1. The standard InChI is InChI=1S/C54H32N2OS/c1-3-13-33(14-4-1)34-25-28-46-43(31-34)38-27-29-47-52(41-17-7-9-22-45(41)55(47)35-15-5-2-6-16-35)53(38)56(46)36-26-30-50-44(32-36)40-21-11-20-39(54(40)58-50)37-19-12-24-49-51(37)42-18-8-10-23-48(42)57-49/h1-32H. The Bertz CT molecular complexity index is 3790. The SMILES string of the molecule is c1ccc(-c2ccc3c(c2)c2ccc4c(c5ccccc5n4-c4ccccc4)c2n3-c2ccc3sc4c(-c5cccc6oc7ccccc7c56)cccc4c3c2)cc1. The Morgan fingerprint density at radius 1 is 0.362 bits per heavy atom. The first kappa shape index (κ1) is 31.8. The van der Waals surface area contributed by atoms with Gasteiger partial charge in [-0.2, -0.15) is 0 Å². The molecule has 9 aromatic carbocycles. The lowest BCUT2D eigenvalue weighted by Gasteiger charge is -2.11. The van der Waals surface area contributed by atoms with Crippen LogP contribution >= 0.6 is 11.3 Å². The molecule has 0 spiro atoms. The van der Waals surface area contributed by atoms with Gasteiger partial charge in [-0.1, -0.05) is 127 Å². The lowest BCUT2D eigenvalue weighted by molar-refractivity contribution is 0.669. The molecule has 0 saturated heterocycles. The third-order valence-electron chi connectivity index (χ3n) is 12.1. The van der Waals surface area contributed by atoms with Crippen molar-refractivity contribution in [2.24, 2.45) is 0 Å². The van der Waals surface area contributed by atoms with Gasteiger partial charge >= 0.3 is 0 Å². The number of fused-ring (bicyclic) bond motifs is 13. The quantitative estimate of drug-likeness (QED) is 0.175. The molecule has 270 valence electrons. The van der Waals surface area contributed by atoms with Gasteiger partial charge in [-0.3, -0.25) is 0 Å². The molecule has 4 aromatic heterocycles. The van der Waals surface area contributed by atoms with Crippen LogP contribution in [-0.2, 0) is 0 Å².